The fourth-order valence-corrected chi connectivity index (χ4v) is 2.33. The van der Waals surface area contributed by atoms with Crippen molar-refractivity contribution in [1.82, 2.24) is 4.90 Å². The van der Waals surface area contributed by atoms with Crippen molar-refractivity contribution in [3.05, 3.63) is 35.4 Å². The average molecular weight is 220 g/mol. The molecule has 1 aromatic rings. The maximum atomic E-state index is 10.9. The quantitative estimate of drug-likeness (QED) is 0.783. The van der Waals surface area contributed by atoms with Crippen LogP contribution in [-0.4, -0.2) is 35.6 Å². The highest BCUT2D eigenvalue weighted by molar-refractivity contribution is 5.87. The van der Waals surface area contributed by atoms with Gasteiger partial charge < -0.3 is 10.8 Å². The van der Waals surface area contributed by atoms with E-state index >= 15 is 0 Å². The fraction of sp³-hybridized carbons (Fsp3) is 0.417. The zero-order valence-corrected chi connectivity index (χ0v) is 9.26. The van der Waals surface area contributed by atoms with Crippen LogP contribution in [0.15, 0.2) is 24.3 Å². The number of carboxylic acids is 1. The summed E-state index contributed by atoms with van der Waals surface area (Å²) < 4.78 is 0. The summed E-state index contributed by atoms with van der Waals surface area (Å²) in [7, 11) is 2.02. The minimum absolute atomic E-state index is 0.0917. The van der Waals surface area contributed by atoms with Crippen molar-refractivity contribution in [2.24, 2.45) is 5.73 Å². The lowest BCUT2D eigenvalue weighted by Crippen LogP contribution is -2.29. The number of carboxylic acid groups (broad SMARTS) is 1. The van der Waals surface area contributed by atoms with Crippen LogP contribution < -0.4 is 5.73 Å². The Kier molecular flexibility index (Phi) is 2.94. The first-order chi connectivity index (χ1) is 7.59. The van der Waals surface area contributed by atoms with E-state index < -0.39 is 5.97 Å². The molecule has 0 spiro atoms. The zero-order chi connectivity index (χ0) is 11.7. The molecule has 1 heterocycles. The number of likely N-dealkylation sites (N-methyl/N-ethyl adjacent to an activating group) is 1. The molecule has 0 amide bonds. The van der Waals surface area contributed by atoms with Gasteiger partial charge >= 0.3 is 5.97 Å². The van der Waals surface area contributed by atoms with Gasteiger partial charge in [-0.2, -0.15) is 0 Å². The monoisotopic (exact) mass is 220 g/mol. The van der Waals surface area contributed by atoms with Gasteiger partial charge in [0, 0.05) is 18.6 Å². The summed E-state index contributed by atoms with van der Waals surface area (Å²) >= 11 is 0. The van der Waals surface area contributed by atoms with E-state index in [2.05, 4.69) is 4.90 Å². The van der Waals surface area contributed by atoms with Crippen molar-refractivity contribution in [2.45, 2.75) is 18.5 Å². The molecule has 0 bridgehead atoms. The van der Waals surface area contributed by atoms with Gasteiger partial charge in [0.1, 0.15) is 0 Å². The Balaban J connectivity index is 2.32. The molecule has 86 valence electrons. The molecule has 4 nitrogen and oxygen atoms in total. The van der Waals surface area contributed by atoms with Crippen LogP contribution in [0, 0.1) is 0 Å². The topological polar surface area (TPSA) is 66.6 Å². The molecule has 3 N–H and O–H groups in total. The smallest absolute Gasteiger partial charge is 0.335 e. The number of benzene rings is 1. The van der Waals surface area contributed by atoms with E-state index in [0.29, 0.717) is 5.56 Å². The number of likely N-dealkylation sites (tertiary alicyclic amines) is 1. The summed E-state index contributed by atoms with van der Waals surface area (Å²) in [4.78, 5) is 13.1. The first-order valence-corrected chi connectivity index (χ1v) is 5.38. The molecular weight excluding hydrogens is 204 g/mol. The molecule has 1 saturated heterocycles. The molecule has 1 fully saturated rings. The summed E-state index contributed by atoms with van der Waals surface area (Å²) in [5.41, 5.74) is 7.36. The van der Waals surface area contributed by atoms with E-state index in [4.69, 9.17) is 10.8 Å². The van der Waals surface area contributed by atoms with Gasteiger partial charge in [0.25, 0.3) is 0 Å². The van der Waals surface area contributed by atoms with Gasteiger partial charge in [0.05, 0.1) is 5.56 Å². The Labute approximate surface area is 94.7 Å². The van der Waals surface area contributed by atoms with Gasteiger partial charge in [0.15, 0.2) is 0 Å². The van der Waals surface area contributed by atoms with Crippen LogP contribution in [0.25, 0.3) is 0 Å². The Morgan fingerprint density at radius 2 is 2.31 bits per heavy atom. The summed E-state index contributed by atoms with van der Waals surface area (Å²) in [5, 5.41) is 8.94. The van der Waals surface area contributed by atoms with E-state index in [1.807, 2.05) is 13.1 Å². The second-order valence-corrected chi connectivity index (χ2v) is 4.31. The third-order valence-electron chi connectivity index (χ3n) is 3.17. The predicted molar refractivity (Wildman–Crippen MR) is 61.4 cm³/mol. The lowest BCUT2D eigenvalue weighted by molar-refractivity contribution is 0.0696. The molecule has 0 saturated carbocycles. The van der Waals surface area contributed by atoms with Crippen LogP contribution in [0.2, 0.25) is 0 Å². The van der Waals surface area contributed by atoms with Crippen LogP contribution in [0.4, 0.5) is 0 Å². The molecule has 1 aromatic carbocycles. The van der Waals surface area contributed by atoms with Gasteiger partial charge in [-0.3, -0.25) is 4.90 Å². The lowest BCUT2D eigenvalue weighted by atomic mass is 9.99. The highest BCUT2D eigenvalue weighted by atomic mass is 16.4. The van der Waals surface area contributed by atoms with Crippen molar-refractivity contribution >= 4 is 5.97 Å². The lowest BCUT2D eigenvalue weighted by Gasteiger charge is -2.23. The van der Waals surface area contributed by atoms with E-state index in [0.717, 1.165) is 18.5 Å². The van der Waals surface area contributed by atoms with Crippen molar-refractivity contribution in [1.29, 1.82) is 0 Å². The van der Waals surface area contributed by atoms with E-state index in [-0.39, 0.29) is 12.1 Å². The van der Waals surface area contributed by atoms with Gasteiger partial charge in [-0.15, -0.1) is 0 Å². The molecule has 0 aromatic heterocycles. The molecule has 4 heteroatoms. The third-order valence-corrected chi connectivity index (χ3v) is 3.17. The van der Waals surface area contributed by atoms with E-state index in [9.17, 15) is 4.79 Å². The van der Waals surface area contributed by atoms with Gasteiger partial charge in [-0.1, -0.05) is 12.1 Å². The number of hydrogen-bond donors (Lipinski definition) is 2. The predicted octanol–water partition coefficient (Wildman–Crippen LogP) is 1.09. The molecule has 2 rings (SSSR count). The first-order valence-electron chi connectivity index (χ1n) is 5.38. The zero-order valence-electron chi connectivity index (χ0n) is 9.26. The maximum Gasteiger partial charge on any atom is 0.335 e. The minimum Gasteiger partial charge on any atom is -0.478 e. The number of nitrogens with two attached hydrogens (primary N) is 1. The van der Waals surface area contributed by atoms with Crippen LogP contribution in [0.5, 0.6) is 0 Å². The summed E-state index contributed by atoms with van der Waals surface area (Å²) in [6.45, 7) is 0.961. The number of carbonyl (C=O) groups is 1. The second kappa shape index (κ2) is 4.23. The normalized spacial score (nSPS) is 25.9. The second-order valence-electron chi connectivity index (χ2n) is 4.31. The number of hydrogen-bond acceptors (Lipinski definition) is 3. The van der Waals surface area contributed by atoms with Gasteiger partial charge in [-0.05, 0) is 31.2 Å². The number of nitrogens with zero attached hydrogens (tertiary/aromatic N) is 1. The summed E-state index contributed by atoms with van der Waals surface area (Å²) in [5.74, 6) is -0.893. The Hall–Kier alpha value is -1.39. The van der Waals surface area contributed by atoms with Crippen molar-refractivity contribution in [2.75, 3.05) is 13.6 Å². The molecule has 16 heavy (non-hydrogen) atoms. The van der Waals surface area contributed by atoms with Crippen LogP contribution in [0.3, 0.4) is 0 Å². The molecular formula is C12H16N2O2. The number of rotatable bonds is 2. The average Bonchev–Trinajstić information content (AvgIpc) is 2.59. The first kappa shape index (κ1) is 11.1. The Bertz CT molecular complexity index is 396. The molecule has 0 aliphatic carbocycles. The van der Waals surface area contributed by atoms with E-state index in [1.165, 1.54) is 0 Å². The molecule has 2 unspecified atom stereocenters. The highest BCUT2D eigenvalue weighted by Gasteiger charge is 2.30. The van der Waals surface area contributed by atoms with Crippen molar-refractivity contribution in [3.63, 3.8) is 0 Å². The fourth-order valence-electron chi connectivity index (χ4n) is 2.33. The summed E-state index contributed by atoms with van der Waals surface area (Å²) in [6.07, 6.45) is 0.957. The molecule has 1 aliphatic heterocycles. The van der Waals surface area contributed by atoms with Crippen LogP contribution >= 0.6 is 0 Å². The van der Waals surface area contributed by atoms with Gasteiger partial charge in [-0.25, -0.2) is 4.79 Å². The van der Waals surface area contributed by atoms with Crippen LogP contribution in [0.1, 0.15) is 28.4 Å². The van der Waals surface area contributed by atoms with Crippen LogP contribution in [-0.2, 0) is 0 Å². The van der Waals surface area contributed by atoms with Crippen molar-refractivity contribution < 1.29 is 9.90 Å². The van der Waals surface area contributed by atoms with Crippen molar-refractivity contribution in [3.8, 4) is 0 Å². The number of aromatic carboxylic acids is 1. The Morgan fingerprint density at radius 1 is 1.56 bits per heavy atom. The molecule has 1 aliphatic rings. The standard InChI is InChI=1S/C12H16N2O2/c1-14-6-5-10(13)11(14)8-3-2-4-9(7-8)12(15)16/h2-4,7,10-11H,5-6,13H2,1H3,(H,15,16). The SMILES string of the molecule is CN1CCC(N)C1c1cccc(C(=O)O)c1. The van der Waals surface area contributed by atoms with Gasteiger partial charge in [0.2, 0.25) is 0 Å². The maximum absolute atomic E-state index is 10.9. The molecule has 0 radical (unpaired) electrons. The minimum atomic E-state index is -0.893. The third kappa shape index (κ3) is 1.94. The Morgan fingerprint density at radius 3 is 2.88 bits per heavy atom. The largest absolute Gasteiger partial charge is 0.478 e. The summed E-state index contributed by atoms with van der Waals surface area (Å²) in [6, 6.07) is 7.27. The molecule has 2 atom stereocenters. The highest BCUT2D eigenvalue weighted by Crippen LogP contribution is 2.29. The van der Waals surface area contributed by atoms with E-state index in [1.54, 1.807) is 18.2 Å².